The molecule has 2 rings (SSSR count). The van der Waals surface area contributed by atoms with E-state index in [4.69, 9.17) is 0 Å². The molecule has 112 valence electrons. The van der Waals surface area contributed by atoms with E-state index < -0.39 is 12.8 Å². The van der Waals surface area contributed by atoms with Crippen LogP contribution in [0.2, 0.25) is 0 Å². The van der Waals surface area contributed by atoms with Crippen LogP contribution in [0.1, 0.15) is 5.56 Å². The predicted octanol–water partition coefficient (Wildman–Crippen LogP) is 4.38. The maximum absolute atomic E-state index is 12.7. The number of benzene rings is 2. The van der Waals surface area contributed by atoms with Crippen LogP contribution in [0, 0.1) is 5.82 Å². The maximum Gasteiger partial charge on any atom is 0.422 e. The Balaban J connectivity index is 1.86. The Morgan fingerprint density at radius 2 is 1.52 bits per heavy atom. The van der Waals surface area contributed by atoms with E-state index in [1.807, 2.05) is 0 Å². The lowest BCUT2D eigenvalue weighted by Gasteiger charge is -2.10. The molecule has 0 fully saturated rings. The van der Waals surface area contributed by atoms with Crippen LogP contribution in [0.4, 0.5) is 23.2 Å². The maximum atomic E-state index is 12.7. The number of halogens is 4. The quantitative estimate of drug-likeness (QED) is 0.827. The van der Waals surface area contributed by atoms with Crippen LogP contribution in [-0.2, 0) is 6.54 Å². The summed E-state index contributed by atoms with van der Waals surface area (Å²) in [6.45, 7) is -0.821. The van der Waals surface area contributed by atoms with Crippen molar-refractivity contribution in [1.29, 1.82) is 0 Å². The van der Waals surface area contributed by atoms with Gasteiger partial charge in [-0.3, -0.25) is 0 Å². The van der Waals surface area contributed by atoms with Crippen molar-refractivity contribution in [2.24, 2.45) is 0 Å². The third-order valence-corrected chi connectivity index (χ3v) is 2.67. The highest BCUT2D eigenvalue weighted by Gasteiger charge is 2.28. The van der Waals surface area contributed by atoms with Gasteiger partial charge in [-0.2, -0.15) is 13.2 Å². The van der Waals surface area contributed by atoms with Gasteiger partial charge in [0.1, 0.15) is 11.6 Å². The van der Waals surface area contributed by atoms with E-state index in [0.29, 0.717) is 6.54 Å². The highest BCUT2D eigenvalue weighted by Crippen LogP contribution is 2.20. The Labute approximate surface area is 119 Å². The summed E-state index contributed by atoms with van der Waals surface area (Å²) >= 11 is 0. The van der Waals surface area contributed by atoms with Crippen molar-refractivity contribution in [3.8, 4) is 5.75 Å². The van der Waals surface area contributed by atoms with Gasteiger partial charge in [0.05, 0.1) is 0 Å². The molecule has 0 aliphatic heterocycles. The largest absolute Gasteiger partial charge is 0.484 e. The summed E-state index contributed by atoms with van der Waals surface area (Å²) in [7, 11) is 0. The molecular weight excluding hydrogens is 286 g/mol. The molecular formula is C15H13F4NO. The van der Waals surface area contributed by atoms with E-state index in [-0.39, 0.29) is 11.6 Å². The second-order valence-electron chi connectivity index (χ2n) is 4.41. The molecule has 0 heterocycles. The van der Waals surface area contributed by atoms with Gasteiger partial charge in [0.2, 0.25) is 0 Å². The number of hydrogen-bond acceptors (Lipinski definition) is 2. The summed E-state index contributed by atoms with van der Waals surface area (Å²) in [4.78, 5) is 0. The fraction of sp³-hybridized carbons (Fsp3) is 0.200. The van der Waals surface area contributed by atoms with E-state index in [2.05, 4.69) is 10.1 Å². The first-order chi connectivity index (χ1) is 9.92. The highest BCUT2D eigenvalue weighted by atomic mass is 19.4. The van der Waals surface area contributed by atoms with Gasteiger partial charge in [-0.25, -0.2) is 4.39 Å². The van der Waals surface area contributed by atoms with Crippen LogP contribution in [0.5, 0.6) is 5.75 Å². The van der Waals surface area contributed by atoms with Crippen LogP contribution < -0.4 is 10.1 Å². The number of rotatable bonds is 5. The van der Waals surface area contributed by atoms with Gasteiger partial charge in [-0.1, -0.05) is 12.1 Å². The fourth-order valence-electron chi connectivity index (χ4n) is 1.64. The van der Waals surface area contributed by atoms with Crippen molar-refractivity contribution in [2.75, 3.05) is 11.9 Å². The zero-order valence-corrected chi connectivity index (χ0v) is 11.0. The van der Waals surface area contributed by atoms with E-state index >= 15 is 0 Å². The summed E-state index contributed by atoms with van der Waals surface area (Å²) < 4.78 is 53.3. The van der Waals surface area contributed by atoms with E-state index in [0.717, 1.165) is 11.3 Å². The number of alkyl halides is 3. The van der Waals surface area contributed by atoms with Gasteiger partial charge in [0.15, 0.2) is 6.61 Å². The Morgan fingerprint density at radius 3 is 2.10 bits per heavy atom. The fourth-order valence-corrected chi connectivity index (χ4v) is 1.64. The standard InChI is InChI=1S/C15H13F4NO/c16-12-3-1-11(2-4-12)9-20-13-5-7-14(8-6-13)21-10-15(17,18)19/h1-8,20H,9-10H2. The molecule has 0 bridgehead atoms. The molecule has 21 heavy (non-hydrogen) atoms. The molecule has 2 nitrogen and oxygen atoms in total. The first-order valence-electron chi connectivity index (χ1n) is 6.20. The number of nitrogens with one attached hydrogen (secondary N) is 1. The first kappa shape index (κ1) is 15.2. The molecule has 0 radical (unpaired) electrons. The Bertz CT molecular complexity index is 564. The first-order valence-corrected chi connectivity index (χ1v) is 6.20. The van der Waals surface area contributed by atoms with Gasteiger partial charge in [0, 0.05) is 12.2 Å². The lowest BCUT2D eigenvalue weighted by atomic mass is 10.2. The van der Waals surface area contributed by atoms with Gasteiger partial charge < -0.3 is 10.1 Å². The molecule has 0 unspecified atom stereocenters. The molecule has 0 aliphatic rings. The third kappa shape index (κ3) is 5.33. The number of anilines is 1. The average molecular weight is 299 g/mol. The SMILES string of the molecule is Fc1ccc(CNc2ccc(OCC(F)(F)F)cc2)cc1. The highest BCUT2D eigenvalue weighted by molar-refractivity contribution is 5.46. The Morgan fingerprint density at radius 1 is 0.905 bits per heavy atom. The molecule has 2 aromatic carbocycles. The molecule has 0 aromatic heterocycles. The van der Waals surface area contributed by atoms with Gasteiger partial charge in [-0.15, -0.1) is 0 Å². The molecule has 6 heteroatoms. The van der Waals surface area contributed by atoms with Crippen molar-refractivity contribution in [2.45, 2.75) is 12.7 Å². The molecule has 0 saturated carbocycles. The summed E-state index contributed by atoms with van der Waals surface area (Å²) in [6.07, 6.45) is -4.35. The normalized spacial score (nSPS) is 11.2. The van der Waals surface area contributed by atoms with Crippen molar-refractivity contribution in [3.05, 3.63) is 59.9 Å². The summed E-state index contributed by atoms with van der Waals surface area (Å²) in [5, 5.41) is 3.08. The van der Waals surface area contributed by atoms with E-state index in [9.17, 15) is 17.6 Å². The van der Waals surface area contributed by atoms with Gasteiger partial charge in [0.25, 0.3) is 0 Å². The average Bonchev–Trinajstić information content (AvgIpc) is 2.45. The van der Waals surface area contributed by atoms with Crippen molar-refractivity contribution in [1.82, 2.24) is 0 Å². The molecule has 0 atom stereocenters. The molecule has 0 spiro atoms. The monoisotopic (exact) mass is 299 g/mol. The predicted molar refractivity (Wildman–Crippen MR) is 71.7 cm³/mol. The smallest absolute Gasteiger partial charge is 0.422 e. The molecule has 0 saturated heterocycles. The van der Waals surface area contributed by atoms with Crippen LogP contribution in [0.3, 0.4) is 0 Å². The Hall–Kier alpha value is -2.24. The van der Waals surface area contributed by atoms with Crippen LogP contribution in [0.25, 0.3) is 0 Å². The minimum atomic E-state index is -4.35. The third-order valence-electron chi connectivity index (χ3n) is 2.67. The molecule has 1 N–H and O–H groups in total. The Kier molecular flexibility index (Phi) is 4.67. The van der Waals surface area contributed by atoms with E-state index in [1.165, 1.54) is 24.3 Å². The van der Waals surface area contributed by atoms with Gasteiger partial charge >= 0.3 is 6.18 Å². The zero-order valence-electron chi connectivity index (χ0n) is 11.0. The lowest BCUT2D eigenvalue weighted by molar-refractivity contribution is -0.153. The van der Waals surface area contributed by atoms with Crippen LogP contribution >= 0.6 is 0 Å². The minimum Gasteiger partial charge on any atom is -0.484 e. The van der Waals surface area contributed by atoms with Gasteiger partial charge in [-0.05, 0) is 42.0 Å². The number of hydrogen-bond donors (Lipinski definition) is 1. The summed E-state index contributed by atoms with van der Waals surface area (Å²) in [5.41, 5.74) is 1.63. The summed E-state index contributed by atoms with van der Waals surface area (Å²) in [6, 6.07) is 12.2. The topological polar surface area (TPSA) is 21.3 Å². The van der Waals surface area contributed by atoms with Crippen molar-refractivity contribution >= 4 is 5.69 Å². The van der Waals surface area contributed by atoms with Crippen molar-refractivity contribution < 1.29 is 22.3 Å². The number of ether oxygens (including phenoxy) is 1. The zero-order chi connectivity index (χ0) is 15.3. The van der Waals surface area contributed by atoms with E-state index in [1.54, 1.807) is 24.3 Å². The van der Waals surface area contributed by atoms with Crippen LogP contribution in [-0.4, -0.2) is 12.8 Å². The second kappa shape index (κ2) is 6.47. The second-order valence-corrected chi connectivity index (χ2v) is 4.41. The van der Waals surface area contributed by atoms with Crippen LogP contribution in [0.15, 0.2) is 48.5 Å². The lowest BCUT2D eigenvalue weighted by Crippen LogP contribution is -2.19. The minimum absolute atomic E-state index is 0.152. The molecule has 2 aromatic rings. The molecule has 0 aliphatic carbocycles. The molecule has 0 amide bonds. The van der Waals surface area contributed by atoms with Crippen molar-refractivity contribution in [3.63, 3.8) is 0 Å². The summed E-state index contributed by atoms with van der Waals surface area (Å²) in [5.74, 6) is -0.149.